The number of benzene rings is 3. The molecule has 0 amide bonds. The molecule has 0 radical (unpaired) electrons. The summed E-state index contributed by atoms with van der Waals surface area (Å²) in [5.74, 6) is 1.62. The zero-order chi connectivity index (χ0) is 58.6. The van der Waals surface area contributed by atoms with Crippen molar-refractivity contribution in [3.05, 3.63) is 233 Å². The SMILES string of the molecule is C=C1/C=C\C=C/COC(C(/C=C/C(/C=C\C2=CC(CCCCCC)(CCCCCC)C=C2/C=C\C(=C/C)c2cc(-c3nc4ccccc4o3)c(O)c(-c3nc4ccccc4o3)c2)=C/C)=C(O)/C(=C\C)c2nc3c(o2)/C=C\C=C/CC3)=N1.CC. The Hall–Kier alpha value is -8.76. The zero-order valence-electron chi connectivity index (χ0n) is 49.5. The maximum absolute atomic E-state index is 12.4. The molecule has 3 aromatic heterocycles. The summed E-state index contributed by atoms with van der Waals surface area (Å²) in [6.45, 7) is 18.8. The second-order valence-corrected chi connectivity index (χ2v) is 20.6. The number of fused-ring (bicyclic) bond motifs is 3. The number of phenols is 1. The molecule has 2 N–H and O–H groups in total. The summed E-state index contributed by atoms with van der Waals surface area (Å²) in [5, 5.41) is 24.5. The molecule has 3 aromatic carbocycles. The molecule has 0 bridgehead atoms. The molecule has 1 aliphatic heterocycles. The highest BCUT2D eigenvalue weighted by Crippen LogP contribution is 2.46. The van der Waals surface area contributed by atoms with Gasteiger partial charge in [-0.05, 0) is 135 Å². The maximum atomic E-state index is 12.4. The molecule has 0 unspecified atom stereocenters. The van der Waals surface area contributed by atoms with Gasteiger partial charge in [-0.3, -0.25) is 0 Å². The lowest BCUT2D eigenvalue weighted by Gasteiger charge is -2.25. The molecule has 10 nitrogen and oxygen atoms in total. The predicted molar refractivity (Wildman–Crippen MR) is 344 cm³/mol. The first kappa shape index (κ1) is 60.3. The van der Waals surface area contributed by atoms with Crippen molar-refractivity contribution in [2.75, 3.05) is 6.61 Å². The fraction of sp³-hybridized carbons (Fsp3) is 0.288. The third-order valence-electron chi connectivity index (χ3n) is 14.8. The van der Waals surface area contributed by atoms with E-state index in [1.54, 1.807) is 12.2 Å². The van der Waals surface area contributed by atoms with Gasteiger partial charge >= 0.3 is 0 Å². The minimum atomic E-state index is -0.131. The van der Waals surface area contributed by atoms with Crippen molar-refractivity contribution >= 4 is 45.3 Å². The smallest absolute Gasteiger partial charge is 0.231 e. The molecule has 3 aliphatic rings. The summed E-state index contributed by atoms with van der Waals surface area (Å²) in [6, 6.07) is 19.0. The van der Waals surface area contributed by atoms with Gasteiger partial charge < -0.3 is 28.2 Å². The van der Waals surface area contributed by atoms with Crippen LogP contribution in [0.1, 0.15) is 142 Å². The number of aliphatic hydroxyl groups excluding tert-OH is 1. The third-order valence-corrected chi connectivity index (χ3v) is 14.8. The number of ether oxygens (including phenoxy) is 1. The van der Waals surface area contributed by atoms with E-state index in [4.69, 9.17) is 37.9 Å². The topological polar surface area (TPSA) is 140 Å². The number of aromatic nitrogens is 3. The Morgan fingerprint density at radius 1 is 0.675 bits per heavy atom. The van der Waals surface area contributed by atoms with Gasteiger partial charge in [-0.2, -0.15) is 0 Å². The number of aliphatic hydroxyl groups is 1. The number of oxazole rings is 3. The van der Waals surface area contributed by atoms with Crippen molar-refractivity contribution in [3.8, 4) is 28.7 Å². The molecule has 2 aliphatic carbocycles. The number of unbranched alkanes of at least 4 members (excludes halogenated alkanes) is 6. The van der Waals surface area contributed by atoms with E-state index in [9.17, 15) is 10.2 Å². The average molecular weight is 1110 g/mol. The summed E-state index contributed by atoms with van der Waals surface area (Å²) < 4.78 is 25.2. The number of hydrogen-bond acceptors (Lipinski definition) is 10. The molecule has 6 aromatic rings. The Labute approximate surface area is 490 Å². The van der Waals surface area contributed by atoms with Crippen LogP contribution in [-0.2, 0) is 11.2 Å². The summed E-state index contributed by atoms with van der Waals surface area (Å²) in [7, 11) is 0. The van der Waals surface area contributed by atoms with Crippen LogP contribution in [0.25, 0.3) is 62.3 Å². The first-order chi connectivity index (χ1) is 40.6. The number of allylic oxidation sites excluding steroid dienone is 21. The van der Waals surface area contributed by atoms with E-state index < -0.39 is 0 Å². The number of aryl methyl sites for hydroxylation is 1. The van der Waals surface area contributed by atoms with Crippen molar-refractivity contribution in [2.45, 2.75) is 126 Å². The number of nitrogens with zero attached hydrogens (tertiary/aromatic N) is 4. The molecule has 9 rings (SSSR count). The van der Waals surface area contributed by atoms with Crippen LogP contribution in [0.2, 0.25) is 0 Å². The number of para-hydroxylation sites is 4. The van der Waals surface area contributed by atoms with E-state index in [-0.39, 0.29) is 29.4 Å². The first-order valence-electron chi connectivity index (χ1n) is 29.7. The van der Waals surface area contributed by atoms with Crippen molar-refractivity contribution in [2.24, 2.45) is 10.4 Å². The van der Waals surface area contributed by atoms with Crippen LogP contribution in [0.3, 0.4) is 0 Å². The molecule has 0 saturated heterocycles. The third kappa shape index (κ3) is 15.2. The van der Waals surface area contributed by atoms with Crippen LogP contribution < -0.4 is 0 Å². The minimum Gasteiger partial charge on any atom is -0.506 e. The van der Waals surface area contributed by atoms with E-state index in [1.807, 2.05) is 150 Å². The van der Waals surface area contributed by atoms with Gasteiger partial charge in [-0.15, -0.1) is 0 Å². The second kappa shape index (κ2) is 29.8. The van der Waals surface area contributed by atoms with Gasteiger partial charge in [0.25, 0.3) is 0 Å². The quantitative estimate of drug-likeness (QED) is 0.0386. The predicted octanol–water partition coefficient (Wildman–Crippen LogP) is 20.3. The summed E-state index contributed by atoms with van der Waals surface area (Å²) >= 11 is 0. The van der Waals surface area contributed by atoms with Gasteiger partial charge in [-0.25, -0.2) is 19.9 Å². The van der Waals surface area contributed by atoms with Crippen molar-refractivity contribution < 1.29 is 28.2 Å². The standard InChI is InChI=1S/C71H74N4O6.C2H6/c1-7-12-14-26-42-71(43-27-15-13-8-2)47-52(38-36-50(9-3)37-41-56(67-72-49(6)29-19-18-28-44-78-67)65(76)55(11-5)68-73-59-30-20-16-17-21-33-62(59)79-68)53(48-71)40-39-51(10-4)54-45-57(69-74-60-31-22-24-34-63(60)80-69)66(77)58(46-54)70-75-61-32-23-25-35-64(61)81-70;1-2/h9-11,16-19,21-25,28-29,31-41,45-48,76-77H,6-8,12-15,20,26-27,30,42-44H2,1-5H3;1-2H3/b17-16-,28-18-,29-19-,33-21-,38-36-,40-39-,41-37+,50-9+,51-10+,55-11+,65-56-,72-67?;. The Bertz CT molecular complexity index is 3540. The van der Waals surface area contributed by atoms with Gasteiger partial charge in [0.1, 0.15) is 29.1 Å². The van der Waals surface area contributed by atoms with E-state index in [1.165, 1.54) is 38.5 Å². The Morgan fingerprint density at radius 3 is 1.89 bits per heavy atom. The largest absolute Gasteiger partial charge is 0.506 e. The van der Waals surface area contributed by atoms with Crippen LogP contribution >= 0.6 is 0 Å². The lowest BCUT2D eigenvalue weighted by Crippen LogP contribution is -2.13. The van der Waals surface area contributed by atoms with Crippen molar-refractivity contribution in [1.82, 2.24) is 15.0 Å². The lowest BCUT2D eigenvalue weighted by molar-refractivity contribution is 0.347. The molecule has 0 saturated carbocycles. The Morgan fingerprint density at radius 2 is 1.29 bits per heavy atom. The van der Waals surface area contributed by atoms with E-state index in [0.29, 0.717) is 80.0 Å². The highest BCUT2D eigenvalue weighted by molar-refractivity contribution is 6.01. The molecule has 428 valence electrons. The molecule has 10 heteroatoms. The second-order valence-electron chi connectivity index (χ2n) is 20.6. The highest BCUT2D eigenvalue weighted by atomic mass is 16.5. The highest BCUT2D eigenvalue weighted by Gasteiger charge is 2.31. The van der Waals surface area contributed by atoms with Crippen LogP contribution in [-0.4, -0.2) is 37.7 Å². The number of aliphatic imine (C=N–C) groups is 1. The van der Waals surface area contributed by atoms with Crippen LogP contribution in [0.4, 0.5) is 0 Å². The van der Waals surface area contributed by atoms with Gasteiger partial charge in [0, 0.05) is 5.41 Å². The summed E-state index contributed by atoms with van der Waals surface area (Å²) in [5.41, 5.74) is 10.2. The summed E-state index contributed by atoms with van der Waals surface area (Å²) in [6.07, 6.45) is 51.9. The maximum Gasteiger partial charge on any atom is 0.231 e. The molecule has 0 atom stereocenters. The zero-order valence-corrected chi connectivity index (χ0v) is 49.5. The summed E-state index contributed by atoms with van der Waals surface area (Å²) in [4.78, 5) is 19.3. The fourth-order valence-electron chi connectivity index (χ4n) is 10.4. The normalized spacial score (nSPS) is 17.7. The van der Waals surface area contributed by atoms with Gasteiger partial charge in [0.2, 0.25) is 23.6 Å². The fourth-order valence-corrected chi connectivity index (χ4v) is 10.4. The molecule has 4 heterocycles. The van der Waals surface area contributed by atoms with Gasteiger partial charge in [0.05, 0.1) is 33.7 Å². The monoisotopic (exact) mass is 1110 g/mol. The van der Waals surface area contributed by atoms with E-state index in [0.717, 1.165) is 65.7 Å². The van der Waals surface area contributed by atoms with Crippen molar-refractivity contribution in [1.29, 1.82) is 0 Å². The van der Waals surface area contributed by atoms with Crippen LogP contribution in [0.5, 0.6) is 5.75 Å². The van der Waals surface area contributed by atoms with Crippen LogP contribution in [0.15, 0.2) is 229 Å². The van der Waals surface area contributed by atoms with E-state index >= 15 is 0 Å². The number of aromatic hydroxyl groups is 1. The van der Waals surface area contributed by atoms with Gasteiger partial charge in [0.15, 0.2) is 16.9 Å². The molecule has 0 spiro atoms. The number of phenolic OH excluding ortho intramolecular Hbond substituents is 1. The molecule has 0 fully saturated rings. The number of rotatable bonds is 22. The minimum absolute atomic E-state index is 0.0374. The number of hydrogen-bond donors (Lipinski definition) is 2. The van der Waals surface area contributed by atoms with Crippen LogP contribution in [0, 0.1) is 5.41 Å². The molecular formula is C73H80N4O6. The lowest BCUT2D eigenvalue weighted by atomic mass is 9.79. The average Bonchev–Trinajstić information content (AvgIpc) is 4.52. The van der Waals surface area contributed by atoms with Gasteiger partial charge in [-0.1, -0.05) is 201 Å². The first-order valence-corrected chi connectivity index (χ1v) is 29.7. The van der Waals surface area contributed by atoms with E-state index in [2.05, 4.69) is 69.0 Å². The Balaban J connectivity index is 0.00000445. The Kier molecular flexibility index (Phi) is 21.7. The molecular weight excluding hydrogens is 1030 g/mol. The molecule has 83 heavy (non-hydrogen) atoms. The van der Waals surface area contributed by atoms with Crippen molar-refractivity contribution in [3.63, 3.8) is 0 Å².